The van der Waals surface area contributed by atoms with E-state index in [1.165, 1.54) is 4.31 Å². The molecule has 2 N–H and O–H groups in total. The number of aryl methyl sites for hydroxylation is 1. The van der Waals surface area contributed by atoms with E-state index in [4.69, 9.17) is 11.6 Å². The Hall–Kier alpha value is -2.58. The van der Waals surface area contributed by atoms with Crippen molar-refractivity contribution in [3.8, 4) is 0 Å². The van der Waals surface area contributed by atoms with E-state index in [-0.39, 0.29) is 11.7 Å². The molecule has 1 saturated heterocycles. The predicted octanol–water partition coefficient (Wildman–Crippen LogP) is 3.51. The van der Waals surface area contributed by atoms with Crippen LogP contribution in [-0.2, 0) is 16.4 Å². The fourth-order valence-electron chi connectivity index (χ4n) is 3.59. The number of H-pyrrole nitrogens is 1. The first-order chi connectivity index (χ1) is 14.4. The van der Waals surface area contributed by atoms with Gasteiger partial charge in [-0.1, -0.05) is 23.7 Å². The second kappa shape index (κ2) is 8.65. The first kappa shape index (κ1) is 20.7. The number of fused-ring (bicyclic) bond motifs is 1. The van der Waals surface area contributed by atoms with Crippen LogP contribution in [0.3, 0.4) is 0 Å². The zero-order chi connectivity index (χ0) is 21.1. The molecule has 1 aromatic heterocycles. The normalized spacial score (nSPS) is 16.0. The number of carbonyl (C=O) groups excluding carboxylic acids is 1. The molecule has 0 atom stereocenters. The van der Waals surface area contributed by atoms with Crippen molar-refractivity contribution >= 4 is 44.3 Å². The van der Waals surface area contributed by atoms with E-state index in [1.807, 2.05) is 24.3 Å². The minimum absolute atomic E-state index is 0.0988. The number of halogens is 1. The zero-order valence-electron chi connectivity index (χ0n) is 16.4. The monoisotopic (exact) mass is 446 g/mol. The standard InChI is InChI=1S/C21H23ClN4O3S/c22-16-10-9-15(14-19(16)26-12-3-4-13-30(26,28)29)21(27)23-11-5-8-20-24-17-6-1-2-7-18(17)25-20/h1-2,6-7,9-10,14H,3-5,8,11-13H2,(H,23,27)(H,24,25). The number of amides is 1. The van der Waals surface area contributed by atoms with Gasteiger partial charge in [0, 0.05) is 25.1 Å². The van der Waals surface area contributed by atoms with E-state index < -0.39 is 10.0 Å². The summed E-state index contributed by atoms with van der Waals surface area (Å²) in [5.74, 6) is 0.725. The van der Waals surface area contributed by atoms with E-state index in [2.05, 4.69) is 15.3 Å². The van der Waals surface area contributed by atoms with Crippen molar-refractivity contribution in [2.24, 2.45) is 0 Å². The molecule has 0 aliphatic carbocycles. The topological polar surface area (TPSA) is 95.2 Å². The summed E-state index contributed by atoms with van der Waals surface area (Å²) in [5, 5.41) is 3.20. The molecule has 0 saturated carbocycles. The summed E-state index contributed by atoms with van der Waals surface area (Å²) in [7, 11) is -3.40. The van der Waals surface area contributed by atoms with Crippen LogP contribution >= 0.6 is 11.6 Å². The SMILES string of the molecule is O=C(NCCCc1nc2ccccc2[nH]1)c1ccc(Cl)c(N2CCCCS2(=O)=O)c1. The Morgan fingerprint density at radius 2 is 2.03 bits per heavy atom. The van der Waals surface area contributed by atoms with E-state index in [9.17, 15) is 13.2 Å². The highest BCUT2D eigenvalue weighted by atomic mass is 35.5. The largest absolute Gasteiger partial charge is 0.352 e. The highest BCUT2D eigenvalue weighted by Gasteiger charge is 2.28. The molecule has 30 heavy (non-hydrogen) atoms. The molecular formula is C21H23ClN4O3S. The summed E-state index contributed by atoms with van der Waals surface area (Å²) in [6, 6.07) is 12.6. The van der Waals surface area contributed by atoms with Crippen LogP contribution in [0, 0.1) is 0 Å². The van der Waals surface area contributed by atoms with Gasteiger partial charge in [0.05, 0.1) is 27.5 Å². The number of imidazole rings is 1. The molecule has 0 radical (unpaired) electrons. The maximum absolute atomic E-state index is 12.6. The average molecular weight is 447 g/mol. The van der Waals surface area contributed by atoms with Gasteiger partial charge in [-0.3, -0.25) is 9.10 Å². The maximum Gasteiger partial charge on any atom is 0.251 e. The lowest BCUT2D eigenvalue weighted by atomic mass is 10.1. The van der Waals surface area contributed by atoms with Gasteiger partial charge in [-0.05, 0) is 49.6 Å². The number of hydrogen-bond acceptors (Lipinski definition) is 4. The Labute approximate surface area is 180 Å². The van der Waals surface area contributed by atoms with Gasteiger partial charge in [0.25, 0.3) is 5.91 Å². The molecule has 2 aromatic carbocycles. The molecule has 1 fully saturated rings. The van der Waals surface area contributed by atoms with Crippen LogP contribution in [0.1, 0.15) is 35.4 Å². The first-order valence-electron chi connectivity index (χ1n) is 9.96. The summed E-state index contributed by atoms with van der Waals surface area (Å²) in [6.07, 6.45) is 2.86. The zero-order valence-corrected chi connectivity index (χ0v) is 18.0. The molecule has 9 heteroatoms. The van der Waals surface area contributed by atoms with Gasteiger partial charge in [-0.25, -0.2) is 13.4 Å². The highest BCUT2D eigenvalue weighted by Crippen LogP contribution is 2.31. The number of carbonyl (C=O) groups is 1. The first-order valence-corrected chi connectivity index (χ1v) is 11.9. The van der Waals surface area contributed by atoms with Crippen molar-refractivity contribution in [3.05, 3.63) is 58.9 Å². The Kier molecular flexibility index (Phi) is 5.97. The molecular weight excluding hydrogens is 424 g/mol. The number of nitrogens with one attached hydrogen (secondary N) is 2. The fourth-order valence-corrected chi connectivity index (χ4v) is 5.51. The van der Waals surface area contributed by atoms with Crippen molar-refractivity contribution in [3.63, 3.8) is 0 Å². The van der Waals surface area contributed by atoms with Crippen molar-refractivity contribution in [1.82, 2.24) is 15.3 Å². The number of sulfonamides is 1. The molecule has 7 nitrogen and oxygen atoms in total. The van der Waals surface area contributed by atoms with Gasteiger partial charge < -0.3 is 10.3 Å². The van der Waals surface area contributed by atoms with E-state index in [1.54, 1.807) is 18.2 Å². The second-order valence-corrected chi connectivity index (χ2v) is 9.74. The van der Waals surface area contributed by atoms with E-state index >= 15 is 0 Å². The number of anilines is 1. The molecule has 4 rings (SSSR count). The third-order valence-corrected chi connectivity index (χ3v) is 7.32. The van der Waals surface area contributed by atoms with Crippen molar-refractivity contribution in [2.45, 2.75) is 25.7 Å². The van der Waals surface area contributed by atoms with Gasteiger partial charge in [0.1, 0.15) is 5.82 Å². The van der Waals surface area contributed by atoms with Crippen LogP contribution in [0.25, 0.3) is 11.0 Å². The second-order valence-electron chi connectivity index (χ2n) is 7.32. The Balaban J connectivity index is 1.37. The van der Waals surface area contributed by atoms with Gasteiger partial charge in [-0.2, -0.15) is 0 Å². The van der Waals surface area contributed by atoms with Gasteiger partial charge in [-0.15, -0.1) is 0 Å². The molecule has 1 aliphatic rings. The summed E-state index contributed by atoms with van der Waals surface area (Å²) < 4.78 is 26.1. The number of benzene rings is 2. The molecule has 2 heterocycles. The number of aromatic amines is 1. The van der Waals surface area contributed by atoms with Crippen LogP contribution < -0.4 is 9.62 Å². The summed E-state index contributed by atoms with van der Waals surface area (Å²) in [4.78, 5) is 20.4. The number of para-hydroxylation sites is 2. The smallest absolute Gasteiger partial charge is 0.251 e. The lowest BCUT2D eigenvalue weighted by molar-refractivity contribution is 0.0953. The quantitative estimate of drug-likeness (QED) is 0.566. The highest BCUT2D eigenvalue weighted by molar-refractivity contribution is 7.92. The summed E-state index contributed by atoms with van der Waals surface area (Å²) >= 11 is 6.24. The minimum atomic E-state index is -3.40. The summed E-state index contributed by atoms with van der Waals surface area (Å²) in [5.41, 5.74) is 2.68. The third-order valence-electron chi connectivity index (χ3n) is 5.14. The fraction of sp³-hybridized carbons (Fsp3) is 0.333. The van der Waals surface area contributed by atoms with Crippen LogP contribution in [0.5, 0.6) is 0 Å². The molecule has 0 unspecified atom stereocenters. The Morgan fingerprint density at radius 3 is 2.83 bits per heavy atom. The lowest BCUT2D eigenvalue weighted by Gasteiger charge is -2.29. The van der Waals surface area contributed by atoms with Crippen molar-refractivity contribution in [1.29, 1.82) is 0 Å². The lowest BCUT2D eigenvalue weighted by Crippen LogP contribution is -2.38. The molecule has 3 aromatic rings. The van der Waals surface area contributed by atoms with Crippen LogP contribution in [0.4, 0.5) is 5.69 Å². The van der Waals surface area contributed by atoms with Crippen LogP contribution in [-0.4, -0.2) is 43.1 Å². The number of hydrogen-bond donors (Lipinski definition) is 2. The average Bonchev–Trinajstić information content (AvgIpc) is 3.14. The van der Waals surface area contributed by atoms with Crippen LogP contribution in [0.2, 0.25) is 5.02 Å². The number of rotatable bonds is 6. The predicted molar refractivity (Wildman–Crippen MR) is 119 cm³/mol. The Morgan fingerprint density at radius 1 is 1.20 bits per heavy atom. The van der Waals surface area contributed by atoms with Gasteiger partial charge in [0.15, 0.2) is 0 Å². The van der Waals surface area contributed by atoms with Gasteiger partial charge in [0.2, 0.25) is 10.0 Å². The molecule has 0 spiro atoms. The van der Waals surface area contributed by atoms with Crippen molar-refractivity contribution < 1.29 is 13.2 Å². The maximum atomic E-state index is 12.6. The Bertz CT molecular complexity index is 1140. The molecule has 0 bridgehead atoms. The molecule has 1 aliphatic heterocycles. The van der Waals surface area contributed by atoms with Gasteiger partial charge >= 0.3 is 0 Å². The minimum Gasteiger partial charge on any atom is -0.352 e. The molecule has 1 amide bonds. The third kappa shape index (κ3) is 4.44. The van der Waals surface area contributed by atoms with E-state index in [0.29, 0.717) is 42.2 Å². The number of nitrogens with zero attached hydrogens (tertiary/aromatic N) is 2. The summed E-state index contributed by atoms with van der Waals surface area (Å²) in [6.45, 7) is 0.862. The number of aromatic nitrogens is 2. The van der Waals surface area contributed by atoms with E-state index in [0.717, 1.165) is 29.7 Å². The van der Waals surface area contributed by atoms with Crippen LogP contribution in [0.15, 0.2) is 42.5 Å². The molecule has 158 valence electrons. The van der Waals surface area contributed by atoms with Crippen molar-refractivity contribution in [2.75, 3.05) is 23.1 Å².